The van der Waals surface area contributed by atoms with E-state index in [1.54, 1.807) is 12.1 Å². The van der Waals surface area contributed by atoms with Crippen LogP contribution in [0.4, 0.5) is 11.4 Å². The molecule has 0 saturated carbocycles. The lowest BCUT2D eigenvalue weighted by molar-refractivity contribution is -0.394. The van der Waals surface area contributed by atoms with Crippen LogP contribution in [-0.2, 0) is 0 Å². The highest BCUT2D eigenvalue weighted by molar-refractivity contribution is 5.95. The van der Waals surface area contributed by atoms with Crippen molar-refractivity contribution >= 4 is 17.3 Å². The number of amides is 1. The summed E-state index contributed by atoms with van der Waals surface area (Å²) in [4.78, 5) is 32.0. The lowest BCUT2D eigenvalue weighted by Gasteiger charge is -2.08. The second kappa shape index (κ2) is 8.97. The molecule has 10 heteroatoms. The molecule has 0 aliphatic heterocycles. The van der Waals surface area contributed by atoms with Crippen molar-refractivity contribution in [3.05, 3.63) is 68.3 Å². The molecule has 0 bridgehead atoms. The van der Waals surface area contributed by atoms with Gasteiger partial charge in [0.05, 0.1) is 28.0 Å². The number of nitro benzene ring substituents is 2. The van der Waals surface area contributed by atoms with E-state index in [2.05, 4.69) is 5.32 Å². The van der Waals surface area contributed by atoms with E-state index in [9.17, 15) is 25.0 Å². The number of phenolic OH excluding ortho intramolecular Hbond substituents is 1. The van der Waals surface area contributed by atoms with Crippen molar-refractivity contribution < 1.29 is 24.5 Å². The van der Waals surface area contributed by atoms with Gasteiger partial charge < -0.3 is 15.2 Å². The van der Waals surface area contributed by atoms with E-state index in [1.165, 1.54) is 12.1 Å². The second-order valence-electron chi connectivity index (χ2n) is 4.85. The van der Waals surface area contributed by atoms with Gasteiger partial charge >= 0.3 is 0 Å². The Morgan fingerprint density at radius 2 is 1.58 bits per heavy atom. The summed E-state index contributed by atoms with van der Waals surface area (Å²) in [6, 6.07) is 8.67. The maximum Gasteiger partial charge on any atom is 0.277 e. The molecule has 0 spiro atoms. The van der Waals surface area contributed by atoms with Gasteiger partial charge in [-0.1, -0.05) is 7.43 Å². The number of carbonyl (C=O) groups excluding carboxylic acids is 1. The van der Waals surface area contributed by atoms with Crippen LogP contribution in [0.15, 0.2) is 42.5 Å². The molecule has 0 aliphatic rings. The standard InChI is InChI=1S/C15H13N3O7.CH4/c19-13-1-3-14(4-2-13)25-6-5-16-15(20)10-7-11(17(21)22)9-12(8-10)18(23)24;/h1-4,7-9,19H,5-6H2,(H,16,20);1H4. The highest BCUT2D eigenvalue weighted by Crippen LogP contribution is 2.22. The third kappa shape index (κ3) is 5.44. The Morgan fingerprint density at radius 3 is 2.08 bits per heavy atom. The van der Waals surface area contributed by atoms with Gasteiger partial charge in [-0.15, -0.1) is 0 Å². The molecule has 0 radical (unpaired) electrons. The topological polar surface area (TPSA) is 145 Å². The third-order valence-corrected chi connectivity index (χ3v) is 3.08. The number of hydrogen-bond donors (Lipinski definition) is 2. The summed E-state index contributed by atoms with van der Waals surface area (Å²) in [6.45, 7) is 0.184. The molecule has 0 aromatic heterocycles. The van der Waals surface area contributed by atoms with Gasteiger partial charge in [0.1, 0.15) is 18.1 Å². The number of nitrogens with one attached hydrogen (secondary N) is 1. The van der Waals surface area contributed by atoms with Crippen molar-refractivity contribution in [2.75, 3.05) is 13.2 Å². The summed E-state index contributed by atoms with van der Waals surface area (Å²) >= 11 is 0. The van der Waals surface area contributed by atoms with Crippen LogP contribution in [0.5, 0.6) is 11.5 Å². The molecule has 26 heavy (non-hydrogen) atoms. The summed E-state index contributed by atoms with van der Waals surface area (Å²) in [7, 11) is 0. The number of rotatable bonds is 7. The fraction of sp³-hybridized carbons (Fsp3) is 0.188. The average Bonchev–Trinajstić information content (AvgIpc) is 2.59. The summed E-state index contributed by atoms with van der Waals surface area (Å²) < 4.78 is 5.33. The number of nitro groups is 2. The zero-order chi connectivity index (χ0) is 18.4. The van der Waals surface area contributed by atoms with Gasteiger partial charge in [-0.25, -0.2) is 0 Å². The smallest absolute Gasteiger partial charge is 0.277 e. The van der Waals surface area contributed by atoms with Gasteiger partial charge in [0, 0.05) is 12.1 Å². The highest BCUT2D eigenvalue weighted by Gasteiger charge is 2.19. The summed E-state index contributed by atoms with van der Waals surface area (Å²) in [5.41, 5.74) is -1.27. The van der Waals surface area contributed by atoms with E-state index in [1.807, 2.05) is 0 Å². The Bertz CT molecular complexity index is 774. The summed E-state index contributed by atoms with van der Waals surface area (Å²) in [6.07, 6.45) is 0. The van der Waals surface area contributed by atoms with Crippen LogP contribution >= 0.6 is 0 Å². The molecule has 0 fully saturated rings. The largest absolute Gasteiger partial charge is 0.508 e. The molecule has 0 saturated heterocycles. The fourth-order valence-corrected chi connectivity index (χ4v) is 1.91. The Hall–Kier alpha value is -3.69. The van der Waals surface area contributed by atoms with Crippen molar-refractivity contribution in [3.8, 4) is 11.5 Å². The van der Waals surface area contributed by atoms with Gasteiger partial charge in [-0.05, 0) is 24.3 Å². The number of hydrogen-bond acceptors (Lipinski definition) is 7. The van der Waals surface area contributed by atoms with E-state index in [-0.39, 0.29) is 31.9 Å². The van der Waals surface area contributed by atoms with Gasteiger partial charge in [-0.3, -0.25) is 25.0 Å². The van der Waals surface area contributed by atoms with Crippen LogP contribution in [0.1, 0.15) is 17.8 Å². The van der Waals surface area contributed by atoms with E-state index in [0.29, 0.717) is 5.75 Å². The molecule has 0 aliphatic carbocycles. The highest BCUT2D eigenvalue weighted by atomic mass is 16.6. The van der Waals surface area contributed by atoms with Crippen molar-refractivity contribution in [3.63, 3.8) is 0 Å². The predicted octanol–water partition coefficient (Wildman–Crippen LogP) is 2.65. The maximum absolute atomic E-state index is 12.0. The van der Waals surface area contributed by atoms with Gasteiger partial charge in [0.25, 0.3) is 17.3 Å². The average molecular weight is 363 g/mol. The molecular weight excluding hydrogens is 346 g/mol. The van der Waals surface area contributed by atoms with Crippen molar-refractivity contribution in [1.29, 1.82) is 0 Å². The molecule has 0 atom stereocenters. The zero-order valence-electron chi connectivity index (χ0n) is 12.7. The van der Waals surface area contributed by atoms with Crippen molar-refractivity contribution in [1.82, 2.24) is 5.32 Å². The summed E-state index contributed by atoms with van der Waals surface area (Å²) in [5.74, 6) is -0.118. The third-order valence-electron chi connectivity index (χ3n) is 3.08. The first-order chi connectivity index (χ1) is 11.9. The van der Waals surface area contributed by atoms with E-state index >= 15 is 0 Å². The molecule has 0 heterocycles. The molecule has 138 valence electrons. The minimum Gasteiger partial charge on any atom is -0.508 e. The first-order valence-corrected chi connectivity index (χ1v) is 7.01. The van der Waals surface area contributed by atoms with Crippen LogP contribution in [0.2, 0.25) is 0 Å². The van der Waals surface area contributed by atoms with Crippen molar-refractivity contribution in [2.24, 2.45) is 0 Å². The minimum absolute atomic E-state index is 0. The molecule has 2 rings (SSSR count). The molecule has 1 amide bonds. The van der Waals surface area contributed by atoms with Crippen LogP contribution in [0.25, 0.3) is 0 Å². The first kappa shape index (κ1) is 20.4. The molecule has 10 nitrogen and oxygen atoms in total. The van der Waals surface area contributed by atoms with E-state index in [0.717, 1.165) is 18.2 Å². The Morgan fingerprint density at radius 1 is 1.04 bits per heavy atom. The van der Waals surface area contributed by atoms with Crippen LogP contribution in [-0.4, -0.2) is 34.0 Å². The van der Waals surface area contributed by atoms with Gasteiger partial charge in [0.15, 0.2) is 0 Å². The van der Waals surface area contributed by atoms with Crippen molar-refractivity contribution in [2.45, 2.75) is 7.43 Å². The monoisotopic (exact) mass is 363 g/mol. The Kier molecular flexibility index (Phi) is 7.02. The number of ether oxygens (including phenoxy) is 1. The predicted molar refractivity (Wildman–Crippen MR) is 92.4 cm³/mol. The molecule has 2 aromatic rings. The van der Waals surface area contributed by atoms with Crippen LogP contribution in [0, 0.1) is 20.2 Å². The molecule has 0 unspecified atom stereocenters. The molecule has 2 aromatic carbocycles. The fourth-order valence-electron chi connectivity index (χ4n) is 1.91. The van der Waals surface area contributed by atoms with Gasteiger partial charge in [0.2, 0.25) is 0 Å². The quantitative estimate of drug-likeness (QED) is 0.437. The first-order valence-electron chi connectivity index (χ1n) is 7.01. The lowest BCUT2D eigenvalue weighted by Crippen LogP contribution is -2.28. The molecule has 2 N–H and O–H groups in total. The Labute approximate surface area is 148 Å². The normalized spacial score (nSPS) is 9.69. The second-order valence-corrected chi connectivity index (χ2v) is 4.85. The van der Waals surface area contributed by atoms with E-state index < -0.39 is 27.1 Å². The SMILES string of the molecule is C.O=C(NCCOc1ccc(O)cc1)c1cc([N+](=O)[O-])cc([N+](=O)[O-])c1. The zero-order valence-corrected chi connectivity index (χ0v) is 12.7. The number of non-ortho nitro benzene ring substituents is 2. The number of nitrogens with zero attached hydrogens (tertiary/aromatic N) is 2. The number of benzene rings is 2. The molecular formula is C16H17N3O7. The Balaban J connectivity index is 0.00000338. The number of phenols is 1. The van der Waals surface area contributed by atoms with Gasteiger partial charge in [-0.2, -0.15) is 0 Å². The number of aromatic hydroxyl groups is 1. The number of carbonyl (C=O) groups is 1. The van der Waals surface area contributed by atoms with E-state index in [4.69, 9.17) is 9.84 Å². The lowest BCUT2D eigenvalue weighted by atomic mass is 10.1. The summed E-state index contributed by atoms with van der Waals surface area (Å²) in [5, 5.41) is 33.2. The van der Waals surface area contributed by atoms with Crippen LogP contribution < -0.4 is 10.1 Å². The minimum atomic E-state index is -0.808. The maximum atomic E-state index is 12.0. The van der Waals surface area contributed by atoms with Crippen LogP contribution in [0.3, 0.4) is 0 Å².